The van der Waals surface area contributed by atoms with Gasteiger partial charge in [0.2, 0.25) is 0 Å². The second-order valence-electron chi connectivity index (χ2n) is 3.72. The van der Waals surface area contributed by atoms with E-state index in [2.05, 4.69) is 0 Å². The van der Waals surface area contributed by atoms with Crippen molar-refractivity contribution in [1.29, 1.82) is 0 Å². The van der Waals surface area contributed by atoms with Crippen LogP contribution in [0.15, 0.2) is 30.5 Å². The predicted octanol–water partition coefficient (Wildman–Crippen LogP) is 2.84. The summed E-state index contributed by atoms with van der Waals surface area (Å²) in [5.41, 5.74) is 5.47. The molecule has 0 fully saturated rings. The summed E-state index contributed by atoms with van der Waals surface area (Å²) in [6.07, 6.45) is -3.15. The molecule has 1 heterocycles. The number of rotatable bonds is 2. The van der Waals surface area contributed by atoms with E-state index in [0.717, 1.165) is 10.6 Å². The molecule has 0 bridgehead atoms. The summed E-state index contributed by atoms with van der Waals surface area (Å²) in [5, 5.41) is 0.424. The molecular formula is C11H10F4N2. The lowest BCUT2D eigenvalue weighted by molar-refractivity contribution is -0.164. The third-order valence-corrected chi connectivity index (χ3v) is 2.62. The molecule has 1 aromatic carbocycles. The molecule has 2 rings (SSSR count). The van der Waals surface area contributed by atoms with Gasteiger partial charge in [-0.1, -0.05) is 0 Å². The maximum Gasteiger partial charge on any atom is 0.410 e. The van der Waals surface area contributed by atoms with E-state index in [-0.39, 0.29) is 0 Å². The number of fused-ring (bicyclic) bond motifs is 1. The Morgan fingerprint density at radius 3 is 2.53 bits per heavy atom. The molecule has 0 radical (unpaired) electrons. The van der Waals surface area contributed by atoms with Crippen LogP contribution in [0.4, 0.5) is 17.6 Å². The second kappa shape index (κ2) is 4.03. The smallest absolute Gasteiger partial charge is 0.334 e. The van der Waals surface area contributed by atoms with Gasteiger partial charge in [0, 0.05) is 23.6 Å². The van der Waals surface area contributed by atoms with Crippen LogP contribution in [-0.2, 0) is 0 Å². The van der Waals surface area contributed by atoms with Crippen molar-refractivity contribution in [2.45, 2.75) is 12.2 Å². The summed E-state index contributed by atoms with van der Waals surface area (Å²) in [7, 11) is 0. The first-order chi connectivity index (χ1) is 7.93. The van der Waals surface area contributed by atoms with Gasteiger partial charge in [0.15, 0.2) is 0 Å². The molecule has 0 aliphatic heterocycles. The van der Waals surface area contributed by atoms with Crippen LogP contribution in [0.5, 0.6) is 0 Å². The van der Waals surface area contributed by atoms with Gasteiger partial charge in [-0.15, -0.1) is 0 Å². The first-order valence-corrected chi connectivity index (χ1v) is 4.96. The summed E-state index contributed by atoms with van der Waals surface area (Å²) >= 11 is 0. The highest BCUT2D eigenvalue weighted by atomic mass is 19.4. The molecule has 0 saturated carbocycles. The van der Waals surface area contributed by atoms with Gasteiger partial charge in [-0.2, -0.15) is 13.2 Å². The summed E-state index contributed by atoms with van der Waals surface area (Å²) in [5.74, 6) is -0.480. The predicted molar refractivity (Wildman–Crippen MR) is 56.0 cm³/mol. The van der Waals surface area contributed by atoms with E-state index < -0.39 is 24.6 Å². The van der Waals surface area contributed by atoms with Crippen LogP contribution in [0.3, 0.4) is 0 Å². The van der Waals surface area contributed by atoms with Gasteiger partial charge >= 0.3 is 6.18 Å². The molecule has 1 aromatic heterocycles. The van der Waals surface area contributed by atoms with Gasteiger partial charge < -0.3 is 10.3 Å². The number of halogens is 4. The van der Waals surface area contributed by atoms with Crippen molar-refractivity contribution < 1.29 is 17.6 Å². The van der Waals surface area contributed by atoms with Crippen molar-refractivity contribution in [2.24, 2.45) is 5.73 Å². The zero-order valence-corrected chi connectivity index (χ0v) is 8.71. The number of nitrogens with zero attached hydrogens (tertiary/aromatic N) is 1. The summed E-state index contributed by atoms with van der Waals surface area (Å²) < 4.78 is 52.1. The molecule has 0 saturated heterocycles. The summed E-state index contributed by atoms with van der Waals surface area (Å²) in [4.78, 5) is 0. The van der Waals surface area contributed by atoms with Crippen molar-refractivity contribution in [3.63, 3.8) is 0 Å². The summed E-state index contributed by atoms with van der Waals surface area (Å²) in [6, 6.07) is 3.29. The number of hydrogen-bond donors (Lipinski definition) is 1. The lowest BCUT2D eigenvalue weighted by Gasteiger charge is -2.21. The Morgan fingerprint density at radius 2 is 1.94 bits per heavy atom. The second-order valence-corrected chi connectivity index (χ2v) is 3.72. The molecule has 17 heavy (non-hydrogen) atoms. The third kappa shape index (κ3) is 2.12. The van der Waals surface area contributed by atoms with Gasteiger partial charge in [-0.3, -0.25) is 0 Å². The fourth-order valence-electron chi connectivity index (χ4n) is 1.81. The molecule has 2 aromatic rings. The number of benzene rings is 1. The molecule has 2 nitrogen and oxygen atoms in total. The fourth-order valence-corrected chi connectivity index (χ4v) is 1.81. The maximum absolute atomic E-state index is 12.9. The van der Waals surface area contributed by atoms with Gasteiger partial charge in [0.25, 0.3) is 0 Å². The lowest BCUT2D eigenvalue weighted by Crippen LogP contribution is -2.32. The lowest BCUT2D eigenvalue weighted by atomic mass is 10.2. The van der Waals surface area contributed by atoms with Crippen molar-refractivity contribution in [3.8, 4) is 0 Å². The van der Waals surface area contributed by atoms with Crippen molar-refractivity contribution >= 4 is 10.9 Å². The largest absolute Gasteiger partial charge is 0.410 e. The van der Waals surface area contributed by atoms with Gasteiger partial charge in [-0.25, -0.2) is 4.39 Å². The Kier molecular flexibility index (Phi) is 2.82. The standard InChI is InChI=1S/C11H10F4N2/c12-8-1-2-9-7(5-8)3-4-17(9)10(6-16)11(13,14)15/h1-5,10H,6,16H2. The van der Waals surface area contributed by atoms with Crippen LogP contribution in [0.2, 0.25) is 0 Å². The van der Waals surface area contributed by atoms with Crippen molar-refractivity contribution in [3.05, 3.63) is 36.3 Å². The number of aromatic nitrogens is 1. The van der Waals surface area contributed by atoms with Gasteiger partial charge in [-0.05, 0) is 24.3 Å². The van der Waals surface area contributed by atoms with E-state index in [0.29, 0.717) is 10.9 Å². The Balaban J connectivity index is 2.55. The van der Waals surface area contributed by atoms with Gasteiger partial charge in [0.05, 0.1) is 0 Å². The molecule has 1 atom stereocenters. The van der Waals surface area contributed by atoms with E-state index in [1.807, 2.05) is 0 Å². The fraction of sp³-hybridized carbons (Fsp3) is 0.273. The van der Waals surface area contributed by atoms with E-state index in [1.165, 1.54) is 24.4 Å². The minimum atomic E-state index is -4.42. The number of alkyl halides is 3. The quantitative estimate of drug-likeness (QED) is 0.811. The van der Waals surface area contributed by atoms with Crippen LogP contribution < -0.4 is 5.73 Å². The zero-order valence-electron chi connectivity index (χ0n) is 8.71. The monoisotopic (exact) mass is 246 g/mol. The average Bonchev–Trinajstić information content (AvgIpc) is 2.60. The molecule has 1 unspecified atom stereocenters. The molecule has 0 amide bonds. The minimum Gasteiger partial charge on any atom is -0.334 e. The SMILES string of the molecule is NCC(n1ccc2cc(F)ccc21)C(F)(F)F. The highest BCUT2D eigenvalue weighted by Crippen LogP contribution is 2.32. The van der Waals surface area contributed by atoms with Crippen LogP contribution in [0, 0.1) is 5.82 Å². The Bertz CT molecular complexity index is 530. The van der Waals surface area contributed by atoms with E-state index in [9.17, 15) is 17.6 Å². The van der Waals surface area contributed by atoms with Crippen molar-refractivity contribution in [2.75, 3.05) is 6.54 Å². The highest BCUT2D eigenvalue weighted by molar-refractivity contribution is 5.80. The molecular weight excluding hydrogens is 236 g/mol. The topological polar surface area (TPSA) is 30.9 Å². The Hall–Kier alpha value is -1.56. The Labute approximate surface area is 94.6 Å². The highest BCUT2D eigenvalue weighted by Gasteiger charge is 2.40. The van der Waals surface area contributed by atoms with Crippen LogP contribution in [0.25, 0.3) is 10.9 Å². The van der Waals surface area contributed by atoms with E-state index >= 15 is 0 Å². The number of nitrogens with two attached hydrogens (primary N) is 1. The summed E-state index contributed by atoms with van der Waals surface area (Å²) in [6.45, 7) is -0.551. The Morgan fingerprint density at radius 1 is 1.24 bits per heavy atom. The average molecular weight is 246 g/mol. The van der Waals surface area contributed by atoms with Crippen LogP contribution in [-0.4, -0.2) is 17.3 Å². The molecule has 92 valence electrons. The first-order valence-electron chi connectivity index (χ1n) is 4.96. The van der Waals surface area contributed by atoms with Crippen LogP contribution in [0.1, 0.15) is 6.04 Å². The normalized spacial score (nSPS) is 14.2. The molecule has 0 spiro atoms. The maximum atomic E-state index is 12.9. The molecule has 2 N–H and O–H groups in total. The van der Waals surface area contributed by atoms with E-state index in [4.69, 9.17) is 5.73 Å². The zero-order chi connectivity index (χ0) is 12.6. The first kappa shape index (κ1) is 11.9. The van der Waals surface area contributed by atoms with Crippen LogP contribution >= 0.6 is 0 Å². The van der Waals surface area contributed by atoms with Gasteiger partial charge in [0.1, 0.15) is 11.9 Å². The number of hydrogen-bond acceptors (Lipinski definition) is 1. The molecule has 0 aliphatic carbocycles. The molecule has 6 heteroatoms. The van der Waals surface area contributed by atoms with E-state index in [1.54, 1.807) is 0 Å². The third-order valence-electron chi connectivity index (χ3n) is 2.62. The van der Waals surface area contributed by atoms with Crippen molar-refractivity contribution in [1.82, 2.24) is 4.57 Å². The minimum absolute atomic E-state index is 0.319. The molecule has 0 aliphatic rings.